The first-order chi connectivity index (χ1) is 7.84. The lowest BCUT2D eigenvalue weighted by atomic mass is 10.1. The van der Waals surface area contributed by atoms with Gasteiger partial charge in [-0.1, -0.05) is 17.7 Å². The van der Waals surface area contributed by atoms with Crippen LogP contribution in [0.15, 0.2) is 48.8 Å². The lowest BCUT2D eigenvalue weighted by Crippen LogP contribution is -1.79. The first kappa shape index (κ1) is 9.43. The smallest absolute Gasteiger partial charge is 0.0723 e. The highest BCUT2D eigenvalue weighted by Crippen LogP contribution is 2.28. The van der Waals surface area contributed by atoms with Crippen LogP contribution in [0.5, 0.6) is 0 Å². The van der Waals surface area contributed by atoms with Crippen molar-refractivity contribution in [3.05, 3.63) is 53.8 Å². The number of rotatable bonds is 1. The summed E-state index contributed by atoms with van der Waals surface area (Å²) in [5.41, 5.74) is 3.11. The second-order valence-corrected chi connectivity index (χ2v) is 4.04. The van der Waals surface area contributed by atoms with Gasteiger partial charge < -0.3 is 4.98 Å². The van der Waals surface area contributed by atoms with Crippen molar-refractivity contribution in [3.63, 3.8) is 0 Å². The SMILES string of the molecule is Clc1ccc2[nH]cc(-c3ccccn3)c2c1. The van der Waals surface area contributed by atoms with E-state index in [1.165, 1.54) is 0 Å². The molecule has 0 fully saturated rings. The number of benzene rings is 1. The van der Waals surface area contributed by atoms with Gasteiger partial charge in [0.15, 0.2) is 0 Å². The number of hydrogen-bond donors (Lipinski definition) is 1. The second kappa shape index (κ2) is 3.65. The summed E-state index contributed by atoms with van der Waals surface area (Å²) in [6.45, 7) is 0. The minimum absolute atomic E-state index is 0.740. The first-order valence-electron chi connectivity index (χ1n) is 5.02. The molecule has 0 saturated carbocycles. The standard InChI is InChI=1S/C13H9ClN2/c14-9-4-5-13-10(7-9)11(8-16-13)12-3-1-2-6-15-12/h1-8,16H. The molecule has 0 amide bonds. The normalized spacial score (nSPS) is 10.8. The Bertz CT molecular complexity index is 629. The Morgan fingerprint density at radius 2 is 2.06 bits per heavy atom. The topological polar surface area (TPSA) is 28.7 Å². The van der Waals surface area contributed by atoms with E-state index in [1.54, 1.807) is 6.20 Å². The molecule has 2 nitrogen and oxygen atoms in total. The molecule has 0 aliphatic heterocycles. The van der Waals surface area contributed by atoms with Gasteiger partial charge in [0, 0.05) is 33.9 Å². The Labute approximate surface area is 97.9 Å². The van der Waals surface area contributed by atoms with Gasteiger partial charge in [-0.05, 0) is 30.3 Å². The molecule has 2 aromatic heterocycles. The quantitative estimate of drug-likeness (QED) is 0.673. The van der Waals surface area contributed by atoms with Crippen molar-refractivity contribution in [1.82, 2.24) is 9.97 Å². The van der Waals surface area contributed by atoms with Crippen LogP contribution in [0.25, 0.3) is 22.2 Å². The van der Waals surface area contributed by atoms with Gasteiger partial charge in [-0.15, -0.1) is 0 Å². The van der Waals surface area contributed by atoms with Crippen LogP contribution in [0.1, 0.15) is 0 Å². The van der Waals surface area contributed by atoms with Crippen LogP contribution >= 0.6 is 11.6 Å². The zero-order valence-corrected chi connectivity index (χ0v) is 9.20. The van der Waals surface area contributed by atoms with E-state index >= 15 is 0 Å². The average molecular weight is 229 g/mol. The van der Waals surface area contributed by atoms with E-state index in [9.17, 15) is 0 Å². The number of H-pyrrole nitrogens is 1. The summed E-state index contributed by atoms with van der Waals surface area (Å²) < 4.78 is 0. The van der Waals surface area contributed by atoms with E-state index in [1.807, 2.05) is 42.6 Å². The highest BCUT2D eigenvalue weighted by atomic mass is 35.5. The third kappa shape index (κ3) is 1.48. The lowest BCUT2D eigenvalue weighted by Gasteiger charge is -1.98. The van der Waals surface area contributed by atoms with Crippen LogP contribution in [-0.4, -0.2) is 9.97 Å². The van der Waals surface area contributed by atoms with Gasteiger partial charge in [-0.2, -0.15) is 0 Å². The molecule has 0 unspecified atom stereocenters. The third-order valence-corrected chi connectivity index (χ3v) is 2.82. The predicted molar refractivity (Wildman–Crippen MR) is 66.5 cm³/mol. The fraction of sp³-hybridized carbons (Fsp3) is 0. The van der Waals surface area contributed by atoms with Crippen LogP contribution in [0.2, 0.25) is 5.02 Å². The number of nitrogens with one attached hydrogen (secondary N) is 1. The molecule has 78 valence electrons. The Morgan fingerprint density at radius 1 is 1.12 bits per heavy atom. The molecule has 3 heteroatoms. The number of fused-ring (bicyclic) bond motifs is 1. The monoisotopic (exact) mass is 228 g/mol. The van der Waals surface area contributed by atoms with Crippen LogP contribution < -0.4 is 0 Å². The number of aromatic nitrogens is 2. The molecule has 0 bridgehead atoms. The van der Waals surface area contributed by atoms with E-state index in [0.29, 0.717) is 0 Å². The van der Waals surface area contributed by atoms with Crippen molar-refractivity contribution in [2.24, 2.45) is 0 Å². The van der Waals surface area contributed by atoms with E-state index in [-0.39, 0.29) is 0 Å². The highest BCUT2D eigenvalue weighted by molar-refractivity contribution is 6.31. The molecule has 3 rings (SSSR count). The largest absolute Gasteiger partial charge is 0.360 e. The van der Waals surface area contributed by atoms with Gasteiger partial charge in [0.2, 0.25) is 0 Å². The van der Waals surface area contributed by atoms with Crippen LogP contribution in [-0.2, 0) is 0 Å². The Balaban J connectivity index is 2.29. The molecule has 1 aromatic carbocycles. The predicted octanol–water partition coefficient (Wildman–Crippen LogP) is 3.88. The van der Waals surface area contributed by atoms with Gasteiger partial charge in [0.1, 0.15) is 0 Å². The summed E-state index contributed by atoms with van der Waals surface area (Å²) in [4.78, 5) is 7.55. The molecule has 0 atom stereocenters. The molecule has 0 aliphatic carbocycles. The van der Waals surface area contributed by atoms with E-state index < -0.39 is 0 Å². The summed E-state index contributed by atoms with van der Waals surface area (Å²) in [6, 6.07) is 11.7. The Morgan fingerprint density at radius 3 is 2.88 bits per heavy atom. The summed E-state index contributed by atoms with van der Waals surface area (Å²) in [7, 11) is 0. The van der Waals surface area contributed by atoms with Gasteiger partial charge in [-0.3, -0.25) is 4.98 Å². The van der Waals surface area contributed by atoms with Crippen molar-refractivity contribution in [2.45, 2.75) is 0 Å². The van der Waals surface area contributed by atoms with Crippen LogP contribution in [0.4, 0.5) is 0 Å². The molecule has 0 saturated heterocycles. The number of halogens is 1. The summed E-state index contributed by atoms with van der Waals surface area (Å²) in [5, 5.41) is 1.84. The first-order valence-corrected chi connectivity index (χ1v) is 5.40. The maximum Gasteiger partial charge on any atom is 0.0723 e. The van der Waals surface area contributed by atoms with Crippen molar-refractivity contribution in [1.29, 1.82) is 0 Å². The van der Waals surface area contributed by atoms with Crippen molar-refractivity contribution in [3.8, 4) is 11.3 Å². The van der Waals surface area contributed by atoms with Gasteiger partial charge in [0.25, 0.3) is 0 Å². The zero-order chi connectivity index (χ0) is 11.0. The third-order valence-electron chi connectivity index (χ3n) is 2.58. The molecule has 3 aromatic rings. The highest BCUT2D eigenvalue weighted by Gasteiger charge is 2.06. The average Bonchev–Trinajstić information content (AvgIpc) is 2.73. The molecular weight excluding hydrogens is 220 g/mol. The summed E-state index contributed by atoms with van der Waals surface area (Å²) in [5.74, 6) is 0. The van der Waals surface area contributed by atoms with E-state index in [0.717, 1.165) is 27.2 Å². The Kier molecular flexibility index (Phi) is 2.15. The summed E-state index contributed by atoms with van der Waals surface area (Å²) in [6.07, 6.45) is 3.75. The van der Waals surface area contributed by atoms with Gasteiger partial charge in [-0.25, -0.2) is 0 Å². The minimum Gasteiger partial charge on any atom is -0.360 e. The maximum atomic E-state index is 6.00. The van der Waals surface area contributed by atoms with Crippen LogP contribution in [0.3, 0.4) is 0 Å². The molecule has 1 N–H and O–H groups in total. The number of pyridine rings is 1. The van der Waals surface area contributed by atoms with E-state index in [4.69, 9.17) is 11.6 Å². The van der Waals surface area contributed by atoms with Crippen molar-refractivity contribution in [2.75, 3.05) is 0 Å². The van der Waals surface area contributed by atoms with Gasteiger partial charge in [0.05, 0.1) is 5.69 Å². The molecule has 0 aliphatic rings. The van der Waals surface area contributed by atoms with Gasteiger partial charge >= 0.3 is 0 Å². The van der Waals surface area contributed by atoms with Crippen molar-refractivity contribution >= 4 is 22.5 Å². The molecule has 0 radical (unpaired) electrons. The second-order valence-electron chi connectivity index (χ2n) is 3.61. The zero-order valence-electron chi connectivity index (χ0n) is 8.44. The molecule has 0 spiro atoms. The number of nitrogens with zero attached hydrogens (tertiary/aromatic N) is 1. The maximum absolute atomic E-state index is 6.00. The van der Waals surface area contributed by atoms with Crippen LogP contribution in [0, 0.1) is 0 Å². The lowest BCUT2D eigenvalue weighted by molar-refractivity contribution is 1.33. The number of hydrogen-bond acceptors (Lipinski definition) is 1. The molecule has 16 heavy (non-hydrogen) atoms. The summed E-state index contributed by atoms with van der Waals surface area (Å²) >= 11 is 6.00. The van der Waals surface area contributed by atoms with Crippen molar-refractivity contribution < 1.29 is 0 Å². The number of aromatic amines is 1. The minimum atomic E-state index is 0.740. The van der Waals surface area contributed by atoms with E-state index in [2.05, 4.69) is 9.97 Å². The fourth-order valence-electron chi connectivity index (χ4n) is 1.83. The Hall–Kier alpha value is -1.80. The molecular formula is C13H9ClN2. The fourth-order valence-corrected chi connectivity index (χ4v) is 2.00. The molecule has 2 heterocycles.